The van der Waals surface area contributed by atoms with Crippen LogP contribution in [0.4, 0.5) is 13.2 Å². The fourth-order valence-corrected chi connectivity index (χ4v) is 9.70. The molecule has 2 aromatic rings. The molecule has 0 spiro atoms. The third kappa shape index (κ3) is 29.1. The van der Waals surface area contributed by atoms with Crippen molar-refractivity contribution in [3.05, 3.63) is 65.5 Å². The topological polar surface area (TPSA) is 559 Å². The Morgan fingerprint density at radius 1 is 0.626 bits per heavy atom. The normalized spacial score (nSPS) is 16.2. The first-order chi connectivity index (χ1) is 45.9. The first-order valence-corrected chi connectivity index (χ1v) is 32.0. The van der Waals surface area contributed by atoms with Crippen molar-refractivity contribution in [2.75, 3.05) is 19.7 Å². The van der Waals surface area contributed by atoms with Gasteiger partial charge in [0.1, 0.15) is 48.0 Å². The number of nitrogens with zero attached hydrogens (tertiary/aromatic N) is 2. The summed E-state index contributed by atoms with van der Waals surface area (Å²) in [7, 11) is 0. The Kier molecular flexibility index (Phi) is 34.8. The third-order valence-corrected chi connectivity index (χ3v) is 15.4. The molecule has 11 amide bonds. The van der Waals surface area contributed by atoms with Crippen LogP contribution in [0.5, 0.6) is 0 Å². The predicted molar refractivity (Wildman–Crippen MR) is 351 cm³/mol. The Morgan fingerprint density at radius 3 is 1.68 bits per heavy atom. The second kappa shape index (κ2) is 40.1. The number of carbonyl (C=O) groups is 12. The van der Waals surface area contributed by atoms with Crippen molar-refractivity contribution < 1.29 is 95.9 Å². The summed E-state index contributed by atoms with van der Waals surface area (Å²) in [6, 6.07) is -7.20. The third-order valence-electron chi connectivity index (χ3n) is 15.4. The van der Waals surface area contributed by atoms with Crippen LogP contribution in [-0.4, -0.2) is 195 Å². The molecule has 1 heterocycles. The van der Waals surface area contributed by atoms with Gasteiger partial charge in [0.05, 0.1) is 37.3 Å². The second-order valence-electron chi connectivity index (χ2n) is 26.0. The molecule has 0 radical (unpaired) electrons. The molecule has 0 unspecified atom stereocenters. The first kappa shape index (κ1) is 86.0. The van der Waals surface area contributed by atoms with Crippen LogP contribution in [0.3, 0.4) is 0 Å². The number of amides is 11. The molecular weight excluding hydrogens is 1310 g/mol. The SMILES string of the molecule is CC[C@H](C)[C@H](NC(=O)[C@@H](CCCN=C(N)N)NC(=O)[C@H](CC(C)C)NC(=O)[C@@H](C)[C@H](O)C(C)C)C(=O)N[C@H](C(=O)NCC(=O)N[C@H](C(=O)N[C@@H](CO)C(=O)O[C@H](c1ccccc1)[C@H](NC(=O)[C@H](Cc1ccc(C(F)(F)F)nc1)NC(=O)[C@H](N)CC(C)(C)C)C(N)=O)[C@H](O)C(N)=O)[C@H](C)O. The van der Waals surface area contributed by atoms with Crippen LogP contribution in [-0.2, 0) is 74.9 Å². The highest BCUT2D eigenvalue weighted by molar-refractivity contribution is 5.99. The van der Waals surface area contributed by atoms with Crippen molar-refractivity contribution in [1.82, 2.24) is 52.8 Å². The average molecular weight is 1410 g/mol. The summed E-state index contributed by atoms with van der Waals surface area (Å²) in [5, 5.41) is 63.6. The molecule has 1 aromatic carbocycles. The molecule has 99 heavy (non-hydrogen) atoms. The number of halogens is 3. The van der Waals surface area contributed by atoms with Gasteiger partial charge >= 0.3 is 12.1 Å². The Labute approximate surface area is 571 Å². The van der Waals surface area contributed by atoms with E-state index in [4.69, 9.17) is 33.4 Å². The van der Waals surface area contributed by atoms with Gasteiger partial charge in [0.2, 0.25) is 65.0 Å². The number of rotatable bonds is 40. The smallest absolute Gasteiger partial charge is 0.433 e. The van der Waals surface area contributed by atoms with E-state index in [0.29, 0.717) is 6.07 Å². The van der Waals surface area contributed by atoms with E-state index in [9.17, 15) is 91.1 Å². The van der Waals surface area contributed by atoms with E-state index in [1.807, 2.05) is 10.6 Å². The zero-order valence-corrected chi connectivity index (χ0v) is 57.3. The number of benzene rings is 1. The van der Waals surface area contributed by atoms with Crippen LogP contribution < -0.4 is 76.5 Å². The maximum Gasteiger partial charge on any atom is 0.433 e. The molecule has 0 fully saturated rings. The number of nitrogens with two attached hydrogens (primary N) is 5. The van der Waals surface area contributed by atoms with Gasteiger partial charge < -0.3 is 102 Å². The van der Waals surface area contributed by atoms with E-state index in [1.54, 1.807) is 62.3 Å². The van der Waals surface area contributed by atoms with E-state index in [2.05, 4.69) is 47.2 Å². The van der Waals surface area contributed by atoms with Crippen LogP contribution in [0, 0.1) is 29.1 Å². The minimum Gasteiger partial charge on any atom is -0.453 e. The van der Waals surface area contributed by atoms with E-state index >= 15 is 0 Å². The van der Waals surface area contributed by atoms with E-state index in [0.717, 1.165) is 19.2 Å². The number of primary amides is 2. The Bertz CT molecular complexity index is 3100. The fourth-order valence-electron chi connectivity index (χ4n) is 9.70. The van der Waals surface area contributed by atoms with Crippen molar-refractivity contribution in [2.24, 2.45) is 62.7 Å². The number of pyridine rings is 1. The quantitative estimate of drug-likeness (QED) is 0.0132. The van der Waals surface area contributed by atoms with Crippen molar-refractivity contribution in [3.8, 4) is 0 Å². The second-order valence-corrected chi connectivity index (χ2v) is 26.0. The van der Waals surface area contributed by atoms with Crippen LogP contribution in [0.1, 0.15) is 131 Å². The van der Waals surface area contributed by atoms with Gasteiger partial charge in [-0.15, -0.1) is 0 Å². The van der Waals surface area contributed by atoms with Gasteiger partial charge in [-0.05, 0) is 73.0 Å². The summed E-state index contributed by atoms with van der Waals surface area (Å²) in [4.78, 5) is 171. The summed E-state index contributed by atoms with van der Waals surface area (Å²) in [6.45, 7) is 15.6. The summed E-state index contributed by atoms with van der Waals surface area (Å²) >= 11 is 0. The zero-order valence-electron chi connectivity index (χ0n) is 57.3. The lowest BCUT2D eigenvalue weighted by Gasteiger charge is -2.30. The molecule has 2 rings (SSSR count). The average Bonchev–Trinajstić information content (AvgIpc) is 0.830. The number of nitrogens with one attached hydrogen (secondary N) is 9. The number of aliphatic imine (C=N–C) groups is 1. The number of carbonyl (C=O) groups excluding carboxylic acids is 12. The van der Waals surface area contributed by atoms with Gasteiger partial charge in [-0.2, -0.15) is 13.2 Å². The van der Waals surface area contributed by atoms with Gasteiger partial charge in [0, 0.05) is 19.2 Å². The molecule has 33 nitrogen and oxygen atoms in total. The monoisotopic (exact) mass is 1410 g/mol. The largest absolute Gasteiger partial charge is 0.453 e. The Hall–Kier alpha value is -9.13. The molecule has 23 N–H and O–H groups in total. The molecule has 36 heteroatoms. The van der Waals surface area contributed by atoms with Gasteiger partial charge in [0.15, 0.2) is 24.2 Å². The molecular formula is C63H99F3N16O17. The number of ether oxygens (including phenoxy) is 1. The van der Waals surface area contributed by atoms with Crippen molar-refractivity contribution in [2.45, 2.75) is 200 Å². The number of alkyl halides is 3. The number of esters is 1. The Morgan fingerprint density at radius 2 is 1.17 bits per heavy atom. The molecule has 554 valence electrons. The van der Waals surface area contributed by atoms with Crippen molar-refractivity contribution in [3.63, 3.8) is 0 Å². The first-order valence-electron chi connectivity index (χ1n) is 32.0. The fraction of sp³-hybridized carbons (Fsp3) is 0.619. The standard InChI is InChI=1S/C63H99F3N16O17/c1-12-31(6)43(80-54(92)37(19-16-22-72-61(70)71)75-55(93)38(23-29(2)3)76-52(90)32(7)47(86)30(4)5)58(96)81-44(33(8)84)57(95)74-27-42(85)79-45(48(87)51(69)89)59(97)78-40(28-83)60(98)99-49(35-17-14-13-15-18-35)46(50(68)88)82-56(94)39(77-53(91)36(67)25-62(9,10)11)24-34-20-21-41(73-26-34)63(64,65)66/h13-15,17-18,20-21,26,29-33,36-40,43-49,83-84,86-87H,12,16,19,22-25,27-28,67H2,1-11H3,(H2,68,88)(H2,69,89)(H,74,95)(H,75,93)(H,76,90)(H,77,91)(H,78,97)(H,79,85)(H,80,92)(H,81,96)(H,82,94)(H4,70,71,72)/t31-,32-,33-,36+,37+,38-,39-,40-,43-,44-,45-,46-,47+,48-,49+/m0/s1. The lowest BCUT2D eigenvalue weighted by atomic mass is 9.88. The molecule has 0 saturated carbocycles. The summed E-state index contributed by atoms with van der Waals surface area (Å²) in [5.74, 6) is -16.7. The molecule has 0 saturated heterocycles. The van der Waals surface area contributed by atoms with Gasteiger partial charge in [0.25, 0.3) is 0 Å². The summed E-state index contributed by atoms with van der Waals surface area (Å²) < 4.78 is 45.9. The zero-order chi connectivity index (χ0) is 75.6. The minimum atomic E-state index is -4.84. The highest BCUT2D eigenvalue weighted by atomic mass is 19.4. The maximum atomic E-state index is 14.2. The van der Waals surface area contributed by atoms with Crippen molar-refractivity contribution in [1.29, 1.82) is 0 Å². The number of hydrogen-bond acceptors (Lipinski definition) is 20. The lowest BCUT2D eigenvalue weighted by Crippen LogP contribution is -2.62. The number of aliphatic hydroxyl groups excluding tert-OH is 4. The molecule has 0 aliphatic rings. The van der Waals surface area contributed by atoms with Crippen LogP contribution in [0.15, 0.2) is 53.7 Å². The van der Waals surface area contributed by atoms with E-state index in [-0.39, 0.29) is 67.6 Å². The van der Waals surface area contributed by atoms with Gasteiger partial charge in [-0.1, -0.05) is 112 Å². The molecule has 0 bridgehead atoms. The van der Waals surface area contributed by atoms with Gasteiger partial charge in [-0.3, -0.25) is 62.7 Å². The molecule has 1 aromatic heterocycles. The van der Waals surface area contributed by atoms with E-state index < -0.39 is 198 Å². The predicted octanol–water partition coefficient (Wildman–Crippen LogP) is -3.81. The number of hydrogen-bond donors (Lipinski definition) is 18. The van der Waals surface area contributed by atoms with Crippen molar-refractivity contribution >= 4 is 76.9 Å². The number of aromatic nitrogens is 1. The minimum absolute atomic E-state index is 0.00681. The van der Waals surface area contributed by atoms with Crippen LogP contribution in [0.25, 0.3) is 0 Å². The van der Waals surface area contributed by atoms with Crippen LogP contribution in [0.2, 0.25) is 0 Å². The molecule has 0 aliphatic carbocycles. The number of aliphatic hydroxyl groups is 4. The van der Waals surface area contributed by atoms with E-state index in [1.165, 1.54) is 37.3 Å². The van der Waals surface area contributed by atoms with Gasteiger partial charge in [-0.25, -0.2) is 4.79 Å². The lowest BCUT2D eigenvalue weighted by molar-refractivity contribution is -0.158. The highest BCUT2D eigenvalue weighted by Gasteiger charge is 2.42. The molecule has 15 atom stereocenters. The number of guanidine groups is 1. The maximum absolute atomic E-state index is 14.2. The summed E-state index contributed by atoms with van der Waals surface area (Å²) in [6.07, 6.45) is -11.5. The highest BCUT2D eigenvalue weighted by Crippen LogP contribution is 2.28. The molecule has 0 aliphatic heterocycles. The Balaban J connectivity index is 2.43. The van der Waals surface area contributed by atoms with Crippen LogP contribution >= 0.6 is 0 Å². The summed E-state index contributed by atoms with van der Waals surface area (Å²) in [5.41, 5.74) is 26.3.